The van der Waals surface area contributed by atoms with Crippen LogP contribution in [0.25, 0.3) is 0 Å². The summed E-state index contributed by atoms with van der Waals surface area (Å²) in [6, 6.07) is 10.0. The van der Waals surface area contributed by atoms with Gasteiger partial charge in [0.2, 0.25) is 12.7 Å². The number of nitrogens with zero attached hydrogens (tertiary/aromatic N) is 2. The number of hydrogen-bond acceptors (Lipinski definition) is 5. The van der Waals surface area contributed by atoms with Crippen molar-refractivity contribution in [1.82, 2.24) is 15.2 Å². The third-order valence-corrected chi connectivity index (χ3v) is 6.21. The molecule has 6 heteroatoms. The van der Waals surface area contributed by atoms with Gasteiger partial charge in [0.25, 0.3) is 0 Å². The molecule has 1 fully saturated rings. The number of rotatable bonds is 5. The molecule has 6 nitrogen and oxygen atoms in total. The fourth-order valence-corrected chi connectivity index (χ4v) is 4.35. The van der Waals surface area contributed by atoms with Gasteiger partial charge in [0.1, 0.15) is 0 Å². The summed E-state index contributed by atoms with van der Waals surface area (Å²) in [6.07, 6.45) is 3.98. The van der Waals surface area contributed by atoms with Gasteiger partial charge in [0.05, 0.1) is 11.7 Å². The van der Waals surface area contributed by atoms with Crippen molar-refractivity contribution in [3.8, 4) is 11.5 Å². The molecule has 2 aliphatic heterocycles. The number of aromatic nitrogens is 1. The van der Waals surface area contributed by atoms with Crippen molar-refractivity contribution in [2.24, 2.45) is 11.3 Å². The Bertz CT molecular complexity index is 924. The first-order chi connectivity index (χ1) is 14.8. The maximum absolute atomic E-state index is 12.8. The second kappa shape index (κ2) is 8.87. The van der Waals surface area contributed by atoms with Gasteiger partial charge < -0.3 is 14.8 Å². The van der Waals surface area contributed by atoms with E-state index in [1.807, 2.05) is 45.2 Å². The number of carbonyl (C=O) groups excluding carboxylic acids is 1. The fourth-order valence-electron chi connectivity index (χ4n) is 4.35. The molecule has 1 saturated heterocycles. The smallest absolute Gasteiger partial charge is 0.231 e. The Balaban J connectivity index is 1.51. The molecule has 4 rings (SSSR count). The van der Waals surface area contributed by atoms with Gasteiger partial charge >= 0.3 is 0 Å². The van der Waals surface area contributed by atoms with Crippen LogP contribution in [-0.4, -0.2) is 35.7 Å². The van der Waals surface area contributed by atoms with E-state index in [1.54, 1.807) is 0 Å². The second-order valence-electron chi connectivity index (χ2n) is 9.73. The topological polar surface area (TPSA) is 63.7 Å². The molecule has 1 N–H and O–H groups in total. The van der Waals surface area contributed by atoms with E-state index in [0.717, 1.165) is 49.7 Å². The number of hydrogen-bond donors (Lipinski definition) is 1. The molecule has 0 radical (unpaired) electrons. The average molecular weight is 424 g/mol. The zero-order chi connectivity index (χ0) is 22.0. The van der Waals surface area contributed by atoms with Crippen LogP contribution in [0.3, 0.4) is 0 Å². The summed E-state index contributed by atoms with van der Waals surface area (Å²) in [5.74, 6) is 2.03. The van der Waals surface area contributed by atoms with Crippen LogP contribution in [0, 0.1) is 18.3 Å². The molecule has 2 unspecified atom stereocenters. The van der Waals surface area contributed by atoms with E-state index >= 15 is 0 Å². The van der Waals surface area contributed by atoms with E-state index in [9.17, 15) is 4.79 Å². The number of aryl methyl sites for hydroxylation is 1. The van der Waals surface area contributed by atoms with Gasteiger partial charge in [-0.05, 0) is 67.6 Å². The summed E-state index contributed by atoms with van der Waals surface area (Å²) in [7, 11) is 0. The maximum atomic E-state index is 12.8. The van der Waals surface area contributed by atoms with Gasteiger partial charge in [-0.2, -0.15) is 0 Å². The van der Waals surface area contributed by atoms with Crippen LogP contribution < -0.4 is 14.8 Å². The third kappa shape index (κ3) is 5.01. The van der Waals surface area contributed by atoms with Gasteiger partial charge in [-0.3, -0.25) is 14.7 Å². The highest BCUT2D eigenvalue weighted by Gasteiger charge is 2.33. The van der Waals surface area contributed by atoms with Crippen molar-refractivity contribution in [3.05, 3.63) is 53.3 Å². The molecule has 0 saturated carbocycles. The first-order valence-electron chi connectivity index (χ1n) is 11.1. The van der Waals surface area contributed by atoms with Crippen LogP contribution in [0.1, 0.15) is 56.5 Å². The molecule has 2 aromatic rings. The molecule has 0 bridgehead atoms. The number of nitrogens with one attached hydrogen (secondary N) is 1. The number of carbonyl (C=O) groups is 1. The summed E-state index contributed by atoms with van der Waals surface area (Å²) < 4.78 is 11.1. The molecule has 1 aromatic heterocycles. The largest absolute Gasteiger partial charge is 0.454 e. The van der Waals surface area contributed by atoms with Crippen LogP contribution in [0.4, 0.5) is 0 Å². The Hall–Kier alpha value is -2.60. The van der Waals surface area contributed by atoms with Gasteiger partial charge in [0.15, 0.2) is 11.5 Å². The molecular weight excluding hydrogens is 390 g/mol. The summed E-state index contributed by atoms with van der Waals surface area (Å²) in [5, 5.41) is 3.31. The molecule has 0 aliphatic carbocycles. The normalized spacial score (nSPS) is 19.8. The number of pyridine rings is 1. The zero-order valence-electron chi connectivity index (χ0n) is 19.0. The van der Waals surface area contributed by atoms with E-state index in [0.29, 0.717) is 12.7 Å². The molecule has 2 atom stereocenters. The average Bonchev–Trinajstić information content (AvgIpc) is 3.19. The summed E-state index contributed by atoms with van der Waals surface area (Å²) in [5.41, 5.74) is 2.98. The Morgan fingerprint density at radius 2 is 2.03 bits per heavy atom. The molecule has 166 valence electrons. The predicted octanol–water partition coefficient (Wildman–Crippen LogP) is 4.23. The highest BCUT2D eigenvalue weighted by atomic mass is 16.7. The zero-order valence-corrected chi connectivity index (χ0v) is 19.0. The predicted molar refractivity (Wildman–Crippen MR) is 120 cm³/mol. The van der Waals surface area contributed by atoms with E-state index in [-0.39, 0.29) is 11.9 Å². The van der Waals surface area contributed by atoms with Gasteiger partial charge in [-0.1, -0.05) is 26.8 Å². The third-order valence-electron chi connectivity index (χ3n) is 6.21. The first kappa shape index (κ1) is 21.6. The highest BCUT2D eigenvalue weighted by molar-refractivity contribution is 5.81. The molecule has 2 aliphatic rings. The van der Waals surface area contributed by atoms with Crippen molar-refractivity contribution in [1.29, 1.82) is 0 Å². The number of ether oxygens (including phenoxy) is 2. The lowest BCUT2D eigenvalue weighted by atomic mass is 9.86. The molecule has 1 amide bonds. The summed E-state index contributed by atoms with van der Waals surface area (Å²) in [4.78, 5) is 19.9. The Morgan fingerprint density at radius 3 is 2.74 bits per heavy atom. The van der Waals surface area contributed by atoms with Crippen molar-refractivity contribution in [2.75, 3.05) is 19.9 Å². The van der Waals surface area contributed by atoms with Gasteiger partial charge in [0, 0.05) is 24.7 Å². The van der Waals surface area contributed by atoms with Crippen LogP contribution in [0.5, 0.6) is 11.5 Å². The van der Waals surface area contributed by atoms with Crippen LogP contribution >= 0.6 is 0 Å². The lowest BCUT2D eigenvalue weighted by Gasteiger charge is -2.38. The Morgan fingerprint density at radius 1 is 1.26 bits per heavy atom. The number of amides is 1. The van der Waals surface area contributed by atoms with Gasteiger partial charge in [-0.25, -0.2) is 0 Å². The minimum Gasteiger partial charge on any atom is -0.454 e. The fraction of sp³-hybridized carbons (Fsp3) is 0.520. The number of piperidine rings is 1. The minimum absolute atomic E-state index is 0.0619. The monoisotopic (exact) mass is 423 g/mol. The van der Waals surface area contributed by atoms with E-state index in [4.69, 9.17) is 9.47 Å². The minimum atomic E-state index is -0.440. The van der Waals surface area contributed by atoms with E-state index in [2.05, 4.69) is 34.3 Å². The Labute approximate surface area is 185 Å². The van der Waals surface area contributed by atoms with Crippen molar-refractivity contribution in [2.45, 2.75) is 53.1 Å². The van der Waals surface area contributed by atoms with Crippen LogP contribution in [0.15, 0.2) is 36.5 Å². The lowest BCUT2D eigenvalue weighted by Crippen LogP contribution is -2.45. The quantitative estimate of drug-likeness (QED) is 0.780. The van der Waals surface area contributed by atoms with Crippen LogP contribution in [0.2, 0.25) is 0 Å². The number of fused-ring (bicyclic) bond motifs is 1. The van der Waals surface area contributed by atoms with Gasteiger partial charge in [-0.15, -0.1) is 0 Å². The molecule has 31 heavy (non-hydrogen) atoms. The molecule has 1 aromatic carbocycles. The number of likely N-dealkylation sites (tertiary alicyclic amines) is 1. The number of benzene rings is 1. The first-order valence-corrected chi connectivity index (χ1v) is 11.1. The van der Waals surface area contributed by atoms with Crippen molar-refractivity contribution >= 4 is 5.91 Å². The molecule has 0 spiro atoms. The summed E-state index contributed by atoms with van der Waals surface area (Å²) in [6.45, 7) is 11.1. The van der Waals surface area contributed by atoms with Crippen molar-refractivity contribution in [3.63, 3.8) is 0 Å². The van der Waals surface area contributed by atoms with E-state index in [1.165, 1.54) is 11.1 Å². The van der Waals surface area contributed by atoms with Crippen LogP contribution in [-0.2, 0) is 11.3 Å². The van der Waals surface area contributed by atoms with E-state index < -0.39 is 5.41 Å². The highest BCUT2D eigenvalue weighted by Crippen LogP contribution is 2.36. The lowest BCUT2D eigenvalue weighted by molar-refractivity contribution is -0.130. The molecule has 3 heterocycles. The van der Waals surface area contributed by atoms with Crippen molar-refractivity contribution < 1.29 is 14.3 Å². The Kier molecular flexibility index (Phi) is 6.19. The standard InChI is InChI=1S/C25H33N3O3/c1-17-12-21-22(31-16-30-21)13-19(17)15-28-11-7-8-18(14-28)23(20-9-5-6-10-26-20)27-24(29)25(2,3)4/h5-6,9-10,12-13,18,23H,7-8,11,14-16H2,1-4H3,(H,27,29). The maximum Gasteiger partial charge on any atom is 0.231 e. The second-order valence-corrected chi connectivity index (χ2v) is 9.73. The summed E-state index contributed by atoms with van der Waals surface area (Å²) >= 11 is 0. The SMILES string of the molecule is Cc1cc2c(cc1CN1CCCC(C(NC(=O)C(C)(C)C)c3ccccn3)C1)OCO2. The molecular formula is C25H33N3O3.